The third kappa shape index (κ3) is 4.25. The summed E-state index contributed by atoms with van der Waals surface area (Å²) in [5.74, 6) is 2.81. The predicted molar refractivity (Wildman–Crippen MR) is 104 cm³/mol. The molecule has 0 aromatic carbocycles. The number of aromatic nitrogens is 4. The highest BCUT2D eigenvalue weighted by molar-refractivity contribution is 5.70. The van der Waals surface area contributed by atoms with Crippen LogP contribution in [-0.4, -0.2) is 39.8 Å². The van der Waals surface area contributed by atoms with E-state index >= 15 is 0 Å². The fourth-order valence-corrected chi connectivity index (χ4v) is 3.57. The number of nitriles is 1. The number of anilines is 4. The summed E-state index contributed by atoms with van der Waals surface area (Å²) >= 11 is 0. The molecule has 1 aliphatic carbocycles. The molecular weight excluding hydrogens is 340 g/mol. The summed E-state index contributed by atoms with van der Waals surface area (Å²) in [6.45, 7) is 3.03. The normalized spacial score (nSPS) is 17.1. The quantitative estimate of drug-likeness (QED) is 0.806. The van der Waals surface area contributed by atoms with Crippen LogP contribution in [0.1, 0.15) is 44.2 Å². The monoisotopic (exact) mass is 364 g/mol. The summed E-state index contributed by atoms with van der Waals surface area (Å²) in [6.07, 6.45) is 10.8. The van der Waals surface area contributed by atoms with Gasteiger partial charge in [0.25, 0.3) is 0 Å². The molecule has 4 rings (SSSR count). The lowest BCUT2D eigenvalue weighted by Gasteiger charge is -2.33. The highest BCUT2D eigenvalue weighted by atomic mass is 15.3. The van der Waals surface area contributed by atoms with E-state index in [0.29, 0.717) is 11.6 Å². The van der Waals surface area contributed by atoms with Crippen LogP contribution >= 0.6 is 0 Å². The van der Waals surface area contributed by atoms with Crippen LogP contribution in [0.15, 0.2) is 18.5 Å². The second-order valence-electron chi connectivity index (χ2n) is 7.22. The van der Waals surface area contributed by atoms with Gasteiger partial charge in [-0.05, 0) is 25.2 Å². The molecule has 8 nitrogen and oxygen atoms in total. The van der Waals surface area contributed by atoms with Crippen molar-refractivity contribution in [1.29, 1.82) is 5.26 Å². The van der Waals surface area contributed by atoms with Gasteiger partial charge in [0, 0.05) is 25.7 Å². The first-order chi connectivity index (χ1) is 13.3. The fourth-order valence-electron chi connectivity index (χ4n) is 3.57. The van der Waals surface area contributed by atoms with Crippen LogP contribution in [-0.2, 0) is 0 Å². The van der Waals surface area contributed by atoms with Gasteiger partial charge in [-0.1, -0.05) is 19.3 Å². The summed E-state index contributed by atoms with van der Waals surface area (Å²) in [6, 6.07) is 3.95. The molecule has 27 heavy (non-hydrogen) atoms. The van der Waals surface area contributed by atoms with Gasteiger partial charge in [0.2, 0.25) is 0 Å². The lowest BCUT2D eigenvalue weighted by atomic mass is 9.89. The molecule has 2 fully saturated rings. The molecule has 0 bridgehead atoms. The largest absolute Gasteiger partial charge is 0.382 e. The maximum absolute atomic E-state index is 8.82. The number of nitrogens with zero attached hydrogens (tertiary/aromatic N) is 6. The van der Waals surface area contributed by atoms with E-state index in [-0.39, 0.29) is 5.69 Å². The zero-order valence-corrected chi connectivity index (χ0v) is 15.4. The summed E-state index contributed by atoms with van der Waals surface area (Å²) in [7, 11) is 0. The average Bonchev–Trinajstić information content (AvgIpc) is 2.68. The molecule has 2 aromatic heterocycles. The number of hydrogen-bond donors (Lipinski definition) is 2. The Morgan fingerprint density at radius 3 is 2.56 bits per heavy atom. The van der Waals surface area contributed by atoms with Crippen molar-refractivity contribution in [2.24, 2.45) is 5.92 Å². The van der Waals surface area contributed by atoms with Gasteiger partial charge >= 0.3 is 0 Å². The minimum Gasteiger partial charge on any atom is -0.382 e. The molecule has 0 radical (unpaired) electrons. The van der Waals surface area contributed by atoms with Crippen LogP contribution in [0, 0.1) is 17.2 Å². The number of nitrogens with one attached hydrogen (secondary N) is 2. The van der Waals surface area contributed by atoms with E-state index in [1.807, 2.05) is 12.1 Å². The second-order valence-corrected chi connectivity index (χ2v) is 7.22. The molecule has 1 saturated carbocycles. The van der Waals surface area contributed by atoms with Gasteiger partial charge in [-0.3, -0.25) is 0 Å². The van der Waals surface area contributed by atoms with Crippen LogP contribution in [0.5, 0.6) is 0 Å². The average molecular weight is 364 g/mol. The summed E-state index contributed by atoms with van der Waals surface area (Å²) in [5.41, 5.74) is 1.30. The molecular formula is C19H24N8. The van der Waals surface area contributed by atoms with E-state index in [9.17, 15) is 0 Å². The molecule has 140 valence electrons. The van der Waals surface area contributed by atoms with E-state index in [1.165, 1.54) is 50.9 Å². The highest BCUT2D eigenvalue weighted by Crippen LogP contribution is 2.30. The van der Waals surface area contributed by atoms with Crippen molar-refractivity contribution >= 4 is 23.1 Å². The van der Waals surface area contributed by atoms with Gasteiger partial charge < -0.3 is 15.5 Å². The van der Waals surface area contributed by atoms with Crippen molar-refractivity contribution in [2.75, 3.05) is 35.2 Å². The van der Waals surface area contributed by atoms with Crippen LogP contribution in [0.2, 0.25) is 0 Å². The Balaban J connectivity index is 1.49. The Labute approximate surface area is 159 Å². The molecule has 0 amide bonds. The Bertz CT molecular complexity index is 803. The molecule has 1 saturated heterocycles. The van der Waals surface area contributed by atoms with Gasteiger partial charge in [-0.2, -0.15) is 5.26 Å². The van der Waals surface area contributed by atoms with Gasteiger partial charge in [0.15, 0.2) is 17.3 Å². The van der Waals surface area contributed by atoms with Crippen molar-refractivity contribution in [2.45, 2.75) is 38.5 Å². The second kappa shape index (κ2) is 8.16. The Morgan fingerprint density at radius 1 is 1.04 bits per heavy atom. The SMILES string of the molecule is N#Cc1cnc(Nc2cc(NCC3CCCCC3)c(N3CCC3)nn2)cn1. The van der Waals surface area contributed by atoms with Crippen molar-refractivity contribution < 1.29 is 0 Å². The van der Waals surface area contributed by atoms with Gasteiger partial charge in [-0.15, -0.1) is 10.2 Å². The zero-order chi connectivity index (χ0) is 18.5. The predicted octanol–water partition coefficient (Wildman–Crippen LogP) is 3.08. The van der Waals surface area contributed by atoms with Crippen molar-refractivity contribution in [3.8, 4) is 6.07 Å². The Morgan fingerprint density at radius 2 is 1.89 bits per heavy atom. The molecule has 2 aromatic rings. The standard InChI is InChI=1S/C19H24N8/c20-10-15-12-23-18(13-21-15)24-17-9-16(19(26-25-17)27-7-4-8-27)22-11-14-5-2-1-3-6-14/h9,12-14H,1-8,11H2,(H2,22,23,24,25). The van der Waals surface area contributed by atoms with Crippen molar-refractivity contribution in [1.82, 2.24) is 20.2 Å². The summed E-state index contributed by atoms with van der Waals surface area (Å²) < 4.78 is 0. The fraction of sp³-hybridized carbons (Fsp3) is 0.526. The molecule has 0 spiro atoms. The molecule has 2 aliphatic rings. The summed E-state index contributed by atoms with van der Waals surface area (Å²) in [4.78, 5) is 10.5. The highest BCUT2D eigenvalue weighted by Gasteiger charge is 2.21. The Hall–Kier alpha value is -2.95. The van der Waals surface area contributed by atoms with E-state index in [2.05, 4.69) is 35.7 Å². The van der Waals surface area contributed by atoms with Crippen LogP contribution < -0.4 is 15.5 Å². The van der Waals surface area contributed by atoms with E-state index in [0.717, 1.165) is 37.1 Å². The lowest BCUT2D eigenvalue weighted by molar-refractivity contribution is 0.373. The van der Waals surface area contributed by atoms with Gasteiger partial charge in [-0.25, -0.2) is 9.97 Å². The first-order valence-corrected chi connectivity index (χ1v) is 9.67. The first kappa shape index (κ1) is 17.5. The maximum atomic E-state index is 8.82. The van der Waals surface area contributed by atoms with Gasteiger partial charge in [0.05, 0.1) is 18.1 Å². The zero-order valence-electron chi connectivity index (χ0n) is 15.4. The van der Waals surface area contributed by atoms with Crippen LogP contribution in [0.4, 0.5) is 23.1 Å². The van der Waals surface area contributed by atoms with Crippen molar-refractivity contribution in [3.05, 3.63) is 24.2 Å². The van der Waals surface area contributed by atoms with E-state index in [1.54, 1.807) is 0 Å². The smallest absolute Gasteiger partial charge is 0.174 e. The minimum absolute atomic E-state index is 0.287. The molecule has 0 unspecified atom stereocenters. The number of hydrogen-bond acceptors (Lipinski definition) is 8. The number of rotatable bonds is 6. The Kier molecular flexibility index (Phi) is 5.28. The third-order valence-corrected chi connectivity index (χ3v) is 5.26. The first-order valence-electron chi connectivity index (χ1n) is 9.67. The molecule has 0 atom stereocenters. The van der Waals surface area contributed by atoms with Gasteiger partial charge in [0.1, 0.15) is 11.9 Å². The van der Waals surface area contributed by atoms with Crippen LogP contribution in [0.25, 0.3) is 0 Å². The maximum Gasteiger partial charge on any atom is 0.174 e. The van der Waals surface area contributed by atoms with Crippen molar-refractivity contribution in [3.63, 3.8) is 0 Å². The molecule has 2 N–H and O–H groups in total. The van der Waals surface area contributed by atoms with E-state index in [4.69, 9.17) is 5.26 Å². The molecule has 1 aliphatic heterocycles. The molecule has 8 heteroatoms. The topological polar surface area (TPSA) is 103 Å². The third-order valence-electron chi connectivity index (χ3n) is 5.26. The summed E-state index contributed by atoms with van der Waals surface area (Å²) in [5, 5.41) is 24.3. The van der Waals surface area contributed by atoms with Crippen LogP contribution in [0.3, 0.4) is 0 Å². The van der Waals surface area contributed by atoms with E-state index < -0.39 is 0 Å². The minimum atomic E-state index is 0.287. The molecule has 3 heterocycles. The lowest BCUT2D eigenvalue weighted by Crippen LogP contribution is -2.38.